The Hall–Kier alpha value is -1.10. The second-order valence-electron chi connectivity index (χ2n) is 5.85. The molecule has 0 bridgehead atoms. The van der Waals surface area contributed by atoms with Crippen LogP contribution in [0.4, 0.5) is 0 Å². The van der Waals surface area contributed by atoms with Crippen LogP contribution in [0.15, 0.2) is 12.2 Å². The Bertz CT molecular complexity index is 329. The molecule has 0 aromatic heterocycles. The summed E-state index contributed by atoms with van der Waals surface area (Å²) in [6.45, 7) is 4.79. The molecule has 5 heteroatoms. The summed E-state index contributed by atoms with van der Waals surface area (Å²) in [5, 5.41) is 0. The molecule has 0 saturated carbocycles. The van der Waals surface area contributed by atoms with Crippen molar-refractivity contribution in [2.24, 2.45) is 0 Å². The van der Waals surface area contributed by atoms with E-state index in [-0.39, 0.29) is 0 Å². The summed E-state index contributed by atoms with van der Waals surface area (Å²) in [5.41, 5.74) is 0. The van der Waals surface area contributed by atoms with Gasteiger partial charge in [-0.2, -0.15) is 0 Å². The first-order valence-electron chi connectivity index (χ1n) is 9.22. The van der Waals surface area contributed by atoms with E-state index in [2.05, 4.69) is 13.8 Å². The van der Waals surface area contributed by atoms with E-state index in [1.54, 1.807) is 0 Å². The number of hydrogen-bond acceptors (Lipinski definition) is 4. The average Bonchev–Trinajstić information content (AvgIpc) is 2.55. The average molecular weight is 343 g/mol. The van der Waals surface area contributed by atoms with E-state index in [0.717, 1.165) is 25.3 Å². The Kier molecular flexibility index (Phi) is 16.4. The third-order valence-electron chi connectivity index (χ3n) is 3.59. The first-order valence-corrected chi connectivity index (χ1v) is 10.8. The van der Waals surface area contributed by atoms with Crippen molar-refractivity contribution in [3.8, 4) is 0 Å². The van der Waals surface area contributed by atoms with Crippen molar-refractivity contribution in [1.29, 1.82) is 0 Å². The molecule has 4 nitrogen and oxygen atoms in total. The van der Waals surface area contributed by atoms with E-state index < -0.39 is 21.7 Å². The molecule has 0 heterocycles. The lowest BCUT2D eigenvalue weighted by Gasteiger charge is -2.03. The Morgan fingerprint density at radius 2 is 1.35 bits per heavy atom. The van der Waals surface area contributed by atoms with Gasteiger partial charge in [0, 0.05) is 12.2 Å². The molecule has 0 aromatic rings. The van der Waals surface area contributed by atoms with Gasteiger partial charge in [0.25, 0.3) is 0 Å². The molecule has 0 radical (unpaired) electrons. The minimum absolute atomic E-state index is 0.413. The summed E-state index contributed by atoms with van der Waals surface area (Å²) in [7, 11) is -0.792. The van der Waals surface area contributed by atoms with Crippen LogP contribution in [-0.2, 0) is 18.8 Å². The monoisotopic (exact) mass is 342 g/mol. The van der Waals surface area contributed by atoms with Gasteiger partial charge in [-0.3, -0.25) is 0 Å². The van der Waals surface area contributed by atoms with E-state index in [4.69, 9.17) is 9.16 Å². The summed E-state index contributed by atoms with van der Waals surface area (Å²) in [6.07, 6.45) is 14.1. The quantitative estimate of drug-likeness (QED) is 0.195. The largest absolute Gasteiger partial charge is 0.522 e. The molecule has 0 aliphatic rings. The Labute approximate surface area is 144 Å². The van der Waals surface area contributed by atoms with Crippen LogP contribution in [0.3, 0.4) is 0 Å². The highest BCUT2D eigenvalue weighted by atomic mass is 28.2. The Morgan fingerprint density at radius 3 is 2.04 bits per heavy atom. The Morgan fingerprint density at radius 1 is 0.783 bits per heavy atom. The number of rotatable bonds is 15. The van der Waals surface area contributed by atoms with Gasteiger partial charge >= 0.3 is 11.9 Å². The van der Waals surface area contributed by atoms with Crippen LogP contribution in [0.25, 0.3) is 0 Å². The molecule has 0 fully saturated rings. The molecule has 134 valence electrons. The lowest BCUT2D eigenvalue weighted by Crippen LogP contribution is -2.07. The van der Waals surface area contributed by atoms with Crippen molar-refractivity contribution in [2.45, 2.75) is 84.1 Å². The molecule has 0 rings (SSSR count). The fraction of sp³-hybridized carbons (Fsp3) is 0.778. The predicted octanol–water partition coefficient (Wildman–Crippen LogP) is 4.07. The van der Waals surface area contributed by atoms with Crippen LogP contribution in [0.2, 0.25) is 6.04 Å². The summed E-state index contributed by atoms with van der Waals surface area (Å²) in [6, 6.07) is 1.02. The number of carbonyl (C=O) groups is 2. The highest BCUT2D eigenvalue weighted by Crippen LogP contribution is 2.05. The van der Waals surface area contributed by atoms with Crippen LogP contribution in [0.1, 0.15) is 78.1 Å². The van der Waals surface area contributed by atoms with Crippen molar-refractivity contribution in [3.63, 3.8) is 0 Å². The van der Waals surface area contributed by atoms with Gasteiger partial charge in [-0.25, -0.2) is 9.59 Å². The molecule has 0 unspecified atom stereocenters. The van der Waals surface area contributed by atoms with Gasteiger partial charge in [0.2, 0.25) is 9.76 Å². The third kappa shape index (κ3) is 17.1. The van der Waals surface area contributed by atoms with Crippen molar-refractivity contribution in [3.05, 3.63) is 12.2 Å². The van der Waals surface area contributed by atoms with E-state index in [1.165, 1.54) is 57.1 Å². The first kappa shape index (κ1) is 21.9. The number of hydrogen-bond donors (Lipinski definition) is 0. The van der Waals surface area contributed by atoms with Gasteiger partial charge in [0.1, 0.15) is 0 Å². The maximum Gasteiger partial charge on any atom is 0.331 e. The zero-order chi connectivity index (χ0) is 17.2. The molecule has 0 aliphatic carbocycles. The number of ether oxygens (including phenoxy) is 1. The molecule has 0 atom stereocenters. The minimum Gasteiger partial charge on any atom is -0.522 e. The fourth-order valence-corrected chi connectivity index (χ4v) is 3.17. The van der Waals surface area contributed by atoms with Crippen LogP contribution in [0.5, 0.6) is 0 Å². The third-order valence-corrected chi connectivity index (χ3v) is 4.87. The lowest BCUT2D eigenvalue weighted by molar-refractivity contribution is -0.138. The molecule has 0 amide bonds. The molecule has 0 aliphatic heterocycles. The van der Waals surface area contributed by atoms with Crippen molar-refractivity contribution in [1.82, 2.24) is 0 Å². The van der Waals surface area contributed by atoms with Gasteiger partial charge in [-0.1, -0.05) is 71.6 Å². The SMILES string of the molecule is CCCCCCCCOC(=O)C=CC(=O)O[SiH2]CCCCCC. The zero-order valence-corrected chi connectivity index (χ0v) is 16.4. The van der Waals surface area contributed by atoms with E-state index >= 15 is 0 Å². The maximum absolute atomic E-state index is 11.4. The van der Waals surface area contributed by atoms with E-state index in [0.29, 0.717) is 6.61 Å². The highest BCUT2D eigenvalue weighted by Gasteiger charge is 2.01. The molecule has 0 aromatic carbocycles. The van der Waals surface area contributed by atoms with Crippen LogP contribution >= 0.6 is 0 Å². The van der Waals surface area contributed by atoms with Crippen molar-refractivity contribution < 1.29 is 18.8 Å². The maximum atomic E-state index is 11.4. The number of unbranched alkanes of at least 4 members (excludes halogenated alkanes) is 8. The van der Waals surface area contributed by atoms with E-state index in [9.17, 15) is 9.59 Å². The van der Waals surface area contributed by atoms with Gasteiger partial charge in [0.05, 0.1) is 6.61 Å². The standard InChI is InChI=1S/C18H34O4Si/c1-3-5-7-9-10-11-15-21-17(19)13-14-18(20)22-23-16-12-8-6-4-2/h13-14H,3-12,15-16,23H2,1-2H3. The summed E-state index contributed by atoms with van der Waals surface area (Å²) in [5.74, 6) is -0.871. The van der Waals surface area contributed by atoms with Crippen molar-refractivity contribution in [2.75, 3.05) is 6.61 Å². The smallest absolute Gasteiger partial charge is 0.331 e. The fourth-order valence-electron chi connectivity index (χ4n) is 2.17. The summed E-state index contributed by atoms with van der Waals surface area (Å²) >= 11 is 0. The molecule has 0 spiro atoms. The van der Waals surface area contributed by atoms with Crippen molar-refractivity contribution >= 4 is 21.7 Å². The molecular weight excluding hydrogens is 308 g/mol. The first-order chi connectivity index (χ1) is 11.2. The summed E-state index contributed by atoms with van der Waals surface area (Å²) < 4.78 is 10.2. The van der Waals surface area contributed by atoms with E-state index in [1.807, 2.05) is 0 Å². The second-order valence-corrected chi connectivity index (χ2v) is 7.25. The van der Waals surface area contributed by atoms with Crippen LogP contribution in [0, 0.1) is 0 Å². The summed E-state index contributed by atoms with van der Waals surface area (Å²) in [4.78, 5) is 22.9. The van der Waals surface area contributed by atoms with Gasteiger partial charge in [-0.05, 0) is 12.5 Å². The van der Waals surface area contributed by atoms with Gasteiger partial charge in [-0.15, -0.1) is 0 Å². The molecule has 0 N–H and O–H groups in total. The number of carbonyl (C=O) groups excluding carboxylic acids is 2. The Balaban J connectivity index is 3.49. The molecular formula is C18H34O4Si. The minimum atomic E-state index is -0.792. The predicted molar refractivity (Wildman–Crippen MR) is 97.1 cm³/mol. The topological polar surface area (TPSA) is 52.6 Å². The van der Waals surface area contributed by atoms with Gasteiger partial charge in [0.15, 0.2) is 0 Å². The molecule has 0 saturated heterocycles. The number of esters is 1. The van der Waals surface area contributed by atoms with Gasteiger partial charge < -0.3 is 9.16 Å². The zero-order valence-electron chi connectivity index (χ0n) is 15.0. The molecule has 23 heavy (non-hydrogen) atoms. The highest BCUT2D eigenvalue weighted by molar-refractivity contribution is 6.31. The normalized spacial score (nSPS) is 11.4. The lowest BCUT2D eigenvalue weighted by atomic mass is 10.1. The van der Waals surface area contributed by atoms with Crippen LogP contribution < -0.4 is 0 Å². The second kappa shape index (κ2) is 17.3. The van der Waals surface area contributed by atoms with Crippen LogP contribution in [-0.4, -0.2) is 28.3 Å².